The summed E-state index contributed by atoms with van der Waals surface area (Å²) in [4.78, 5) is 9.36. The molecule has 3 aromatic heterocycles. The number of nitrogens with zero attached hydrogens (tertiary/aromatic N) is 6. The highest BCUT2D eigenvalue weighted by Crippen LogP contribution is 2.41. The van der Waals surface area contributed by atoms with Crippen molar-refractivity contribution in [2.24, 2.45) is 0 Å². The van der Waals surface area contributed by atoms with Crippen LogP contribution in [0.3, 0.4) is 0 Å². The summed E-state index contributed by atoms with van der Waals surface area (Å²) in [5.41, 5.74) is 0.863. The molecule has 1 N–H and O–H groups in total. The Balaban J connectivity index is 1.61. The second-order valence-corrected chi connectivity index (χ2v) is 8.68. The van der Waals surface area contributed by atoms with Gasteiger partial charge in [0.1, 0.15) is 11.5 Å². The summed E-state index contributed by atoms with van der Waals surface area (Å²) >= 11 is 0. The van der Waals surface area contributed by atoms with Crippen molar-refractivity contribution in [2.75, 3.05) is 42.8 Å². The third-order valence-corrected chi connectivity index (χ3v) is 6.73. The van der Waals surface area contributed by atoms with E-state index in [9.17, 15) is 8.78 Å². The molecule has 170 valence electrons. The smallest absolute Gasteiger partial charge is 0.282 e. The fourth-order valence-electron chi connectivity index (χ4n) is 5.24. The number of hydrogen-bond donors (Lipinski definition) is 1. The molecule has 3 aliphatic rings. The minimum absolute atomic E-state index is 0.0460. The first-order valence-corrected chi connectivity index (χ1v) is 11.0. The van der Waals surface area contributed by atoms with Gasteiger partial charge in [-0.1, -0.05) is 0 Å². The van der Waals surface area contributed by atoms with Crippen LogP contribution < -0.4 is 9.80 Å². The van der Waals surface area contributed by atoms with Gasteiger partial charge in [0.2, 0.25) is 0 Å². The fraction of sp³-hybridized carbons (Fsp3) is 0.571. The predicted molar refractivity (Wildman–Crippen MR) is 114 cm³/mol. The number of anilines is 2. The molecule has 2 bridgehead atoms. The quantitative estimate of drug-likeness (QED) is 0.661. The van der Waals surface area contributed by atoms with Crippen LogP contribution in [0.5, 0.6) is 0 Å². The van der Waals surface area contributed by atoms with E-state index in [0.29, 0.717) is 49.8 Å². The number of pyridine rings is 1. The van der Waals surface area contributed by atoms with E-state index in [1.165, 1.54) is 4.68 Å². The van der Waals surface area contributed by atoms with Crippen LogP contribution in [0, 0.1) is 0 Å². The molecule has 3 aliphatic heterocycles. The zero-order valence-corrected chi connectivity index (χ0v) is 17.7. The number of rotatable bonds is 4. The summed E-state index contributed by atoms with van der Waals surface area (Å²) in [6.07, 6.45) is 0.914. The minimum Gasteiger partial charge on any atom is -0.377 e. The van der Waals surface area contributed by atoms with Gasteiger partial charge in [0.05, 0.1) is 55.8 Å². The average molecular weight is 445 g/mol. The van der Waals surface area contributed by atoms with Gasteiger partial charge in [0.25, 0.3) is 6.43 Å². The molecule has 3 fully saturated rings. The van der Waals surface area contributed by atoms with Gasteiger partial charge < -0.3 is 19.3 Å². The molecule has 3 aromatic rings. The Morgan fingerprint density at radius 2 is 1.97 bits per heavy atom. The third-order valence-electron chi connectivity index (χ3n) is 6.73. The van der Waals surface area contributed by atoms with Gasteiger partial charge in [-0.05, 0) is 19.8 Å². The van der Waals surface area contributed by atoms with Crippen molar-refractivity contribution in [3.8, 4) is 5.82 Å². The van der Waals surface area contributed by atoms with E-state index < -0.39 is 6.43 Å². The number of alkyl halides is 2. The minimum atomic E-state index is -2.73. The monoisotopic (exact) mass is 445 g/mol. The second-order valence-electron chi connectivity index (χ2n) is 8.68. The first kappa shape index (κ1) is 19.9. The molecule has 3 saturated heterocycles. The second kappa shape index (κ2) is 7.66. The largest absolute Gasteiger partial charge is 0.377 e. The lowest BCUT2D eigenvalue weighted by Gasteiger charge is -2.38. The summed E-state index contributed by atoms with van der Waals surface area (Å²) in [7, 11) is 0. The lowest BCUT2D eigenvalue weighted by Crippen LogP contribution is -2.47. The van der Waals surface area contributed by atoms with Gasteiger partial charge in [0, 0.05) is 24.7 Å². The highest BCUT2D eigenvalue weighted by Gasteiger charge is 2.39. The van der Waals surface area contributed by atoms with E-state index in [1.54, 1.807) is 12.3 Å². The van der Waals surface area contributed by atoms with Gasteiger partial charge in [-0.3, -0.25) is 5.10 Å². The van der Waals surface area contributed by atoms with Crippen LogP contribution in [0.1, 0.15) is 31.9 Å². The van der Waals surface area contributed by atoms with E-state index in [0.717, 1.165) is 24.3 Å². The Morgan fingerprint density at radius 1 is 1.16 bits per heavy atom. The van der Waals surface area contributed by atoms with Crippen LogP contribution in [0.2, 0.25) is 0 Å². The number of morpholine rings is 2. The van der Waals surface area contributed by atoms with Crippen LogP contribution in [-0.2, 0) is 9.47 Å². The van der Waals surface area contributed by atoms with Crippen molar-refractivity contribution in [1.82, 2.24) is 25.0 Å². The molecule has 0 amide bonds. The van der Waals surface area contributed by atoms with Gasteiger partial charge in [0.15, 0.2) is 11.5 Å². The Kier molecular flexibility index (Phi) is 4.76. The summed E-state index contributed by atoms with van der Waals surface area (Å²) in [6, 6.07) is 4.19. The maximum atomic E-state index is 14.2. The third kappa shape index (κ3) is 3.06. The highest BCUT2D eigenvalue weighted by atomic mass is 19.3. The van der Waals surface area contributed by atoms with Gasteiger partial charge in [-0.2, -0.15) is 14.9 Å². The first-order chi connectivity index (χ1) is 15.6. The molecule has 0 spiro atoms. The van der Waals surface area contributed by atoms with Gasteiger partial charge in [-0.15, -0.1) is 0 Å². The van der Waals surface area contributed by atoms with Crippen LogP contribution in [0.25, 0.3) is 16.9 Å². The van der Waals surface area contributed by atoms with Gasteiger partial charge in [-0.25, -0.2) is 13.8 Å². The number of aromatic nitrogens is 5. The molecule has 6 heterocycles. The highest BCUT2D eigenvalue weighted by molar-refractivity contribution is 5.95. The van der Waals surface area contributed by atoms with Crippen molar-refractivity contribution >= 4 is 22.5 Å². The van der Waals surface area contributed by atoms with Crippen molar-refractivity contribution in [2.45, 2.75) is 44.3 Å². The van der Waals surface area contributed by atoms with E-state index in [4.69, 9.17) is 14.5 Å². The number of halogens is 2. The number of H-pyrrole nitrogens is 1. The molecule has 32 heavy (non-hydrogen) atoms. The Bertz CT molecular complexity index is 1100. The van der Waals surface area contributed by atoms with E-state index in [1.807, 2.05) is 13.0 Å². The number of fused-ring (bicyclic) bond motifs is 3. The Hall–Kier alpha value is -2.79. The molecule has 11 heteroatoms. The SMILES string of the molecule is C[C@@H]1COCCN1c1cc(N2C3CCC2COC3)nc2c1c(C(F)F)nn2-c1ccn[nH]1. The number of ether oxygens (including phenoxy) is 2. The average Bonchev–Trinajstić information content (AvgIpc) is 3.50. The maximum Gasteiger partial charge on any atom is 0.282 e. The molecular weight excluding hydrogens is 420 g/mol. The predicted octanol–water partition coefficient (Wildman–Crippen LogP) is 2.67. The van der Waals surface area contributed by atoms with Crippen molar-refractivity contribution < 1.29 is 18.3 Å². The fourth-order valence-corrected chi connectivity index (χ4v) is 5.24. The molecule has 6 rings (SSSR count). The van der Waals surface area contributed by atoms with Crippen LogP contribution >= 0.6 is 0 Å². The van der Waals surface area contributed by atoms with E-state index in [2.05, 4.69) is 25.1 Å². The summed E-state index contributed by atoms with van der Waals surface area (Å²) in [5.74, 6) is 1.28. The Labute approximate surface area is 183 Å². The molecule has 3 atom stereocenters. The molecule has 0 aliphatic carbocycles. The lowest BCUT2D eigenvalue weighted by atomic mass is 10.1. The summed E-state index contributed by atoms with van der Waals surface area (Å²) in [6.45, 7) is 5.06. The number of nitrogens with one attached hydrogen (secondary N) is 1. The van der Waals surface area contributed by atoms with E-state index in [-0.39, 0.29) is 23.8 Å². The molecule has 0 saturated carbocycles. The molecule has 0 radical (unpaired) electrons. The molecular formula is C21H25F2N7O2. The van der Waals surface area contributed by atoms with Crippen LogP contribution in [0.4, 0.5) is 20.3 Å². The maximum absolute atomic E-state index is 14.2. The first-order valence-electron chi connectivity index (χ1n) is 11.0. The molecule has 0 aromatic carbocycles. The van der Waals surface area contributed by atoms with Crippen LogP contribution in [0.15, 0.2) is 18.3 Å². The van der Waals surface area contributed by atoms with Crippen molar-refractivity contribution in [3.63, 3.8) is 0 Å². The zero-order chi connectivity index (χ0) is 21.8. The standard InChI is InChI=1S/C21H25F2N7O2/c1-12-9-31-7-6-28(12)15-8-17(29-13-2-3-14(29)11-32-10-13)25-21-18(15)19(20(22)23)27-30(21)16-4-5-24-26-16/h4-5,8,12-14,20H,2-3,6-7,9-11H2,1H3,(H,24,26)/t12-,13?,14?/m1/s1. The van der Waals surface area contributed by atoms with Gasteiger partial charge >= 0.3 is 0 Å². The summed E-state index contributed by atoms with van der Waals surface area (Å²) < 4.78 is 41.2. The lowest BCUT2D eigenvalue weighted by molar-refractivity contribution is 0.0902. The topological polar surface area (TPSA) is 84.3 Å². The molecule has 9 nitrogen and oxygen atoms in total. The van der Waals surface area contributed by atoms with Crippen molar-refractivity contribution in [1.29, 1.82) is 0 Å². The summed E-state index contributed by atoms with van der Waals surface area (Å²) in [5, 5.41) is 11.5. The Morgan fingerprint density at radius 3 is 2.66 bits per heavy atom. The van der Waals surface area contributed by atoms with Crippen molar-refractivity contribution in [3.05, 3.63) is 24.0 Å². The molecule has 2 unspecified atom stereocenters. The normalized spacial score (nSPS) is 25.9. The van der Waals surface area contributed by atoms with E-state index >= 15 is 0 Å². The van der Waals surface area contributed by atoms with Crippen LogP contribution in [-0.4, -0.2) is 76.1 Å². The number of aromatic amines is 1. The zero-order valence-electron chi connectivity index (χ0n) is 17.7. The number of hydrogen-bond acceptors (Lipinski definition) is 7.